The molecule has 1 aliphatic rings. The van der Waals surface area contributed by atoms with Gasteiger partial charge >= 0.3 is 6.92 Å². The van der Waals surface area contributed by atoms with Crippen molar-refractivity contribution in [1.29, 1.82) is 0 Å². The first-order chi connectivity index (χ1) is 10.4. The number of rotatable bonds is 4. The molecule has 22 heavy (non-hydrogen) atoms. The minimum atomic E-state index is -0.563. The lowest BCUT2D eigenvalue weighted by Crippen LogP contribution is -2.47. The number of halogens is 2. The van der Waals surface area contributed by atoms with Gasteiger partial charge in [0.25, 0.3) is 5.91 Å². The number of nitrogens with one attached hydrogen (secondary N) is 1. The molecule has 1 aromatic carbocycles. The molecule has 0 bridgehead atoms. The monoisotopic (exact) mass is 434 g/mol. The highest BCUT2D eigenvalue weighted by Crippen LogP contribution is 2.20. The number of carbonyl (C=O) groups is 2. The topological polar surface area (TPSA) is 69.6 Å². The Morgan fingerprint density at radius 3 is 2.95 bits per heavy atom. The lowest BCUT2D eigenvalue weighted by molar-refractivity contribution is -0.129. The first-order valence-corrected chi connectivity index (χ1v) is 8.56. The molecule has 1 aromatic rings. The second kappa shape index (κ2) is 7.65. The molecule has 0 spiro atoms. The molecule has 2 amide bonds. The van der Waals surface area contributed by atoms with Crippen LogP contribution in [0.5, 0.6) is 0 Å². The Balaban J connectivity index is 1.96. The van der Waals surface area contributed by atoms with Crippen molar-refractivity contribution < 1.29 is 14.6 Å². The molecule has 0 radical (unpaired) electrons. The van der Waals surface area contributed by atoms with E-state index in [-0.39, 0.29) is 24.3 Å². The molecule has 1 heterocycles. The Labute approximate surface area is 148 Å². The summed E-state index contributed by atoms with van der Waals surface area (Å²) in [4.78, 5) is 26.0. The van der Waals surface area contributed by atoms with Crippen LogP contribution in [0.15, 0.2) is 18.2 Å². The van der Waals surface area contributed by atoms with Crippen molar-refractivity contribution in [1.82, 2.24) is 10.2 Å². The highest BCUT2D eigenvalue weighted by molar-refractivity contribution is 14.1. The van der Waals surface area contributed by atoms with E-state index in [1.165, 1.54) is 0 Å². The number of nitrogens with zero attached hydrogens (tertiary/aromatic N) is 1. The van der Waals surface area contributed by atoms with Crippen molar-refractivity contribution >= 4 is 52.9 Å². The molecule has 1 atom stereocenters. The van der Waals surface area contributed by atoms with Crippen molar-refractivity contribution in [2.75, 3.05) is 13.1 Å². The third-order valence-electron chi connectivity index (χ3n) is 3.75. The first kappa shape index (κ1) is 17.6. The predicted molar refractivity (Wildman–Crippen MR) is 95.1 cm³/mol. The number of benzene rings is 1. The molecule has 1 fully saturated rings. The van der Waals surface area contributed by atoms with E-state index >= 15 is 0 Å². The van der Waals surface area contributed by atoms with Gasteiger partial charge in [-0.3, -0.25) is 9.59 Å². The molecule has 118 valence electrons. The number of amides is 2. The Morgan fingerprint density at radius 1 is 1.55 bits per heavy atom. The molecular formula is C14H17BClIN2O3. The number of hydrogen-bond donors (Lipinski definition) is 2. The van der Waals surface area contributed by atoms with Gasteiger partial charge in [0.2, 0.25) is 5.91 Å². The van der Waals surface area contributed by atoms with Crippen molar-refractivity contribution in [3.8, 4) is 0 Å². The molecule has 2 rings (SSSR count). The molecule has 0 aromatic heterocycles. The van der Waals surface area contributed by atoms with Gasteiger partial charge in [0.05, 0.1) is 17.1 Å². The van der Waals surface area contributed by atoms with Crippen LogP contribution in [0.2, 0.25) is 11.8 Å². The fourth-order valence-electron chi connectivity index (χ4n) is 2.63. The van der Waals surface area contributed by atoms with Gasteiger partial charge in [-0.1, -0.05) is 18.4 Å². The van der Waals surface area contributed by atoms with E-state index < -0.39 is 6.92 Å². The third kappa shape index (κ3) is 4.14. The molecule has 2 N–H and O–H groups in total. The maximum Gasteiger partial charge on any atom is 0.309 e. The minimum absolute atomic E-state index is 0.0934. The SMILES string of the molecule is CB(O)C1CCCN1C(=O)CNC(=O)c1cc(I)ccc1Cl. The van der Waals surface area contributed by atoms with E-state index in [0.717, 1.165) is 16.4 Å². The standard InChI is InChI=1S/C14H17BClIN2O3/c1-15(22)12-3-2-6-19(12)13(20)8-18-14(21)10-7-9(17)4-5-11(10)16/h4-5,7,12,22H,2-3,6,8H2,1H3,(H,18,21). The Hall–Kier alpha value is -0.795. The molecule has 0 saturated carbocycles. The lowest BCUT2D eigenvalue weighted by atomic mass is 9.62. The Bertz CT molecular complexity index is 585. The third-order valence-corrected chi connectivity index (χ3v) is 4.75. The van der Waals surface area contributed by atoms with Gasteiger partial charge in [0.15, 0.2) is 0 Å². The molecular weight excluding hydrogens is 417 g/mol. The summed E-state index contributed by atoms with van der Waals surface area (Å²) in [5.41, 5.74) is 0.356. The highest BCUT2D eigenvalue weighted by atomic mass is 127. The van der Waals surface area contributed by atoms with E-state index in [2.05, 4.69) is 27.9 Å². The van der Waals surface area contributed by atoms with Crippen LogP contribution in [0.3, 0.4) is 0 Å². The van der Waals surface area contributed by atoms with Gasteiger partial charge in [-0.25, -0.2) is 0 Å². The fourth-order valence-corrected chi connectivity index (χ4v) is 3.32. The average molecular weight is 434 g/mol. The van der Waals surface area contributed by atoms with Crippen molar-refractivity contribution in [3.63, 3.8) is 0 Å². The van der Waals surface area contributed by atoms with Crippen LogP contribution in [0.4, 0.5) is 0 Å². The largest absolute Gasteiger partial charge is 0.449 e. The van der Waals surface area contributed by atoms with Gasteiger partial charge in [-0.15, -0.1) is 0 Å². The van der Waals surface area contributed by atoms with Crippen molar-refractivity contribution in [2.45, 2.75) is 25.6 Å². The zero-order valence-electron chi connectivity index (χ0n) is 12.2. The van der Waals surface area contributed by atoms with Crippen LogP contribution in [-0.2, 0) is 4.79 Å². The molecule has 1 aliphatic heterocycles. The van der Waals surface area contributed by atoms with Crippen LogP contribution < -0.4 is 5.32 Å². The zero-order valence-corrected chi connectivity index (χ0v) is 15.1. The van der Waals surface area contributed by atoms with Gasteiger partial charge in [0.1, 0.15) is 0 Å². The highest BCUT2D eigenvalue weighted by Gasteiger charge is 2.34. The summed E-state index contributed by atoms with van der Waals surface area (Å²) in [6.07, 6.45) is 1.66. The second-order valence-corrected chi connectivity index (χ2v) is 7.00. The van der Waals surface area contributed by atoms with E-state index in [0.29, 0.717) is 17.1 Å². The summed E-state index contributed by atoms with van der Waals surface area (Å²) < 4.78 is 0.896. The van der Waals surface area contributed by atoms with Gasteiger partial charge in [-0.05, 0) is 53.6 Å². The maximum absolute atomic E-state index is 12.2. The molecule has 0 aliphatic carbocycles. The zero-order chi connectivity index (χ0) is 16.3. The van der Waals surface area contributed by atoms with Crippen LogP contribution in [-0.4, -0.2) is 47.7 Å². The Kier molecular flexibility index (Phi) is 6.11. The van der Waals surface area contributed by atoms with E-state index in [4.69, 9.17) is 11.6 Å². The summed E-state index contributed by atoms with van der Waals surface area (Å²) in [5.74, 6) is -0.714. The summed E-state index contributed by atoms with van der Waals surface area (Å²) in [5, 5.41) is 12.7. The lowest BCUT2D eigenvalue weighted by Gasteiger charge is -2.25. The first-order valence-electron chi connectivity index (χ1n) is 7.11. The Morgan fingerprint density at radius 2 is 2.27 bits per heavy atom. The fraction of sp³-hybridized carbons (Fsp3) is 0.429. The molecule has 5 nitrogen and oxygen atoms in total. The van der Waals surface area contributed by atoms with Gasteiger partial charge in [0, 0.05) is 16.1 Å². The molecule has 8 heteroatoms. The summed E-state index contributed by atoms with van der Waals surface area (Å²) in [7, 11) is 0. The number of carbonyl (C=O) groups excluding carboxylic acids is 2. The van der Waals surface area contributed by atoms with Crippen LogP contribution in [0.25, 0.3) is 0 Å². The van der Waals surface area contributed by atoms with Crippen LogP contribution in [0.1, 0.15) is 23.2 Å². The molecule has 1 unspecified atom stereocenters. The summed E-state index contributed by atoms with van der Waals surface area (Å²) in [6.45, 7) is 1.64. The quantitative estimate of drug-likeness (QED) is 0.561. The minimum Gasteiger partial charge on any atom is -0.449 e. The smallest absolute Gasteiger partial charge is 0.309 e. The van der Waals surface area contributed by atoms with Crippen molar-refractivity contribution in [2.24, 2.45) is 0 Å². The maximum atomic E-state index is 12.2. The van der Waals surface area contributed by atoms with Crippen molar-refractivity contribution in [3.05, 3.63) is 32.4 Å². The summed E-state index contributed by atoms with van der Waals surface area (Å²) in [6, 6.07) is 5.14. The summed E-state index contributed by atoms with van der Waals surface area (Å²) >= 11 is 8.10. The second-order valence-electron chi connectivity index (χ2n) is 5.34. The van der Waals surface area contributed by atoms with E-state index in [1.807, 2.05) is 6.07 Å². The van der Waals surface area contributed by atoms with Crippen LogP contribution in [0, 0.1) is 3.57 Å². The number of likely N-dealkylation sites (tertiary alicyclic amines) is 1. The number of hydrogen-bond acceptors (Lipinski definition) is 3. The normalized spacial score (nSPS) is 17.5. The predicted octanol–water partition coefficient (Wildman–Crippen LogP) is 1.82. The average Bonchev–Trinajstić information content (AvgIpc) is 2.96. The van der Waals surface area contributed by atoms with Crippen LogP contribution >= 0.6 is 34.2 Å². The van der Waals surface area contributed by atoms with E-state index in [1.54, 1.807) is 23.9 Å². The van der Waals surface area contributed by atoms with Gasteiger partial charge < -0.3 is 15.2 Å². The van der Waals surface area contributed by atoms with Gasteiger partial charge in [-0.2, -0.15) is 0 Å². The van der Waals surface area contributed by atoms with E-state index in [9.17, 15) is 14.6 Å². The molecule has 1 saturated heterocycles.